The highest BCUT2D eigenvalue weighted by atomic mass is 79.9. The van der Waals surface area contributed by atoms with Crippen molar-refractivity contribution in [3.8, 4) is 0 Å². The van der Waals surface area contributed by atoms with Crippen molar-refractivity contribution in [3.05, 3.63) is 44.8 Å². The fraction of sp³-hybridized carbons (Fsp3) is 0.435. The van der Waals surface area contributed by atoms with Crippen LogP contribution in [-0.4, -0.2) is 77.5 Å². The Balaban J connectivity index is 1.41. The van der Waals surface area contributed by atoms with Crippen molar-refractivity contribution in [2.24, 2.45) is 0 Å². The van der Waals surface area contributed by atoms with Gasteiger partial charge in [-0.3, -0.25) is 14.5 Å². The Hall–Kier alpha value is -2.49. The zero-order valence-corrected chi connectivity index (χ0v) is 19.6. The third-order valence-corrected chi connectivity index (χ3v) is 6.86. The van der Waals surface area contributed by atoms with Gasteiger partial charge in [0.2, 0.25) is 0 Å². The average Bonchev–Trinajstić information content (AvgIpc) is 3.20. The first kappa shape index (κ1) is 21.4. The quantitative estimate of drug-likeness (QED) is 0.631. The van der Waals surface area contributed by atoms with Crippen LogP contribution in [0.4, 0.5) is 5.82 Å². The molecule has 0 bridgehead atoms. The summed E-state index contributed by atoms with van der Waals surface area (Å²) >= 11 is 3.43. The monoisotopic (exact) mass is 499 g/mol. The normalized spacial score (nSPS) is 20.3. The van der Waals surface area contributed by atoms with Crippen molar-refractivity contribution in [3.63, 3.8) is 0 Å². The van der Waals surface area contributed by atoms with Crippen LogP contribution in [0.25, 0.3) is 11.6 Å². The predicted molar refractivity (Wildman–Crippen MR) is 125 cm³/mol. The molecular weight excluding hydrogens is 474 g/mol. The molecule has 0 radical (unpaired) electrons. The van der Waals surface area contributed by atoms with Crippen molar-refractivity contribution < 1.29 is 14.3 Å². The van der Waals surface area contributed by atoms with Gasteiger partial charge in [0.15, 0.2) is 0 Å². The molecule has 8 nitrogen and oxygen atoms in total. The fourth-order valence-electron chi connectivity index (χ4n) is 4.64. The molecule has 0 saturated carbocycles. The Kier molecular flexibility index (Phi) is 5.88. The zero-order chi connectivity index (χ0) is 22.2. The molecule has 5 heterocycles. The highest BCUT2D eigenvalue weighted by molar-refractivity contribution is 9.10. The number of anilines is 1. The number of amides is 2. The molecule has 3 aliphatic rings. The maximum absolute atomic E-state index is 13.4. The van der Waals surface area contributed by atoms with Gasteiger partial charge in [-0.1, -0.05) is 0 Å². The van der Waals surface area contributed by atoms with E-state index < -0.39 is 0 Å². The maximum Gasteiger partial charge on any atom is 0.257 e. The number of morpholine rings is 1. The summed E-state index contributed by atoms with van der Waals surface area (Å²) in [5.41, 5.74) is 4.70. The van der Waals surface area contributed by atoms with Crippen molar-refractivity contribution in [2.45, 2.75) is 19.8 Å². The lowest BCUT2D eigenvalue weighted by Crippen LogP contribution is -2.43. The topological polar surface area (TPSA) is 90.6 Å². The average molecular weight is 500 g/mol. The van der Waals surface area contributed by atoms with Crippen LogP contribution in [0.15, 0.2) is 16.7 Å². The molecule has 0 unspecified atom stereocenters. The minimum atomic E-state index is -0.187. The van der Waals surface area contributed by atoms with E-state index in [1.807, 2.05) is 24.0 Å². The molecule has 0 atom stereocenters. The molecule has 2 aromatic rings. The van der Waals surface area contributed by atoms with Crippen LogP contribution in [-0.2, 0) is 16.0 Å². The first-order valence-electron chi connectivity index (χ1n) is 11.0. The van der Waals surface area contributed by atoms with Gasteiger partial charge in [-0.25, -0.2) is 4.98 Å². The lowest BCUT2D eigenvalue weighted by molar-refractivity contribution is -0.110. The standard InChI is InChI=1S/C23H26BrN5O3/c1-14-19(12-17-16-11-15(24)13-25-21(16)27-22(17)30)26-18-3-2-4-29(23(31)20(14)18)6-5-28-7-9-32-10-8-28/h11-13,26H,2-10H2,1H3,(H,25,27,30). The second-order valence-electron chi connectivity index (χ2n) is 8.43. The number of aromatic amines is 1. The molecule has 2 amide bonds. The number of nitrogens with one attached hydrogen (secondary N) is 2. The van der Waals surface area contributed by atoms with Gasteiger partial charge >= 0.3 is 0 Å². The van der Waals surface area contributed by atoms with Gasteiger partial charge in [0.25, 0.3) is 11.8 Å². The van der Waals surface area contributed by atoms with Crippen LogP contribution in [0.1, 0.15) is 39.3 Å². The molecule has 1 saturated heterocycles. The summed E-state index contributed by atoms with van der Waals surface area (Å²) in [6.45, 7) is 7.66. The Morgan fingerprint density at radius 1 is 1.22 bits per heavy atom. The molecule has 2 aromatic heterocycles. The van der Waals surface area contributed by atoms with Gasteiger partial charge in [0, 0.05) is 60.3 Å². The van der Waals surface area contributed by atoms with Crippen LogP contribution in [0.3, 0.4) is 0 Å². The van der Waals surface area contributed by atoms with E-state index in [4.69, 9.17) is 4.74 Å². The molecular formula is C23H26BrN5O3. The van der Waals surface area contributed by atoms with Gasteiger partial charge in [0.05, 0.1) is 24.4 Å². The van der Waals surface area contributed by atoms with E-state index in [-0.39, 0.29) is 11.8 Å². The van der Waals surface area contributed by atoms with Gasteiger partial charge in [-0.15, -0.1) is 0 Å². The molecule has 0 aliphatic carbocycles. The summed E-state index contributed by atoms with van der Waals surface area (Å²) in [6, 6.07) is 1.88. The second-order valence-corrected chi connectivity index (χ2v) is 9.34. The molecule has 0 spiro atoms. The first-order valence-corrected chi connectivity index (χ1v) is 11.8. The first-order chi connectivity index (χ1) is 15.5. The number of pyridine rings is 1. The number of rotatable bonds is 4. The van der Waals surface area contributed by atoms with Gasteiger partial charge in [0.1, 0.15) is 5.82 Å². The molecule has 0 aromatic carbocycles. The zero-order valence-electron chi connectivity index (χ0n) is 18.0. The molecule has 32 heavy (non-hydrogen) atoms. The Bertz CT molecular complexity index is 1100. The minimum Gasteiger partial charge on any atom is -0.379 e. The molecule has 1 fully saturated rings. The van der Waals surface area contributed by atoms with Crippen molar-refractivity contribution in [2.75, 3.05) is 51.3 Å². The van der Waals surface area contributed by atoms with E-state index in [2.05, 4.69) is 36.1 Å². The summed E-state index contributed by atoms with van der Waals surface area (Å²) in [6.07, 6.45) is 5.23. The number of fused-ring (bicyclic) bond motifs is 2. The molecule has 3 aliphatic heterocycles. The number of halogens is 1. The van der Waals surface area contributed by atoms with Crippen LogP contribution in [0, 0.1) is 6.92 Å². The highest BCUT2D eigenvalue weighted by Gasteiger charge is 2.30. The fourth-order valence-corrected chi connectivity index (χ4v) is 4.97. The number of carbonyl (C=O) groups is 2. The summed E-state index contributed by atoms with van der Waals surface area (Å²) in [4.78, 5) is 38.0. The van der Waals surface area contributed by atoms with Crippen molar-refractivity contribution >= 4 is 45.2 Å². The van der Waals surface area contributed by atoms with E-state index in [0.717, 1.165) is 91.3 Å². The highest BCUT2D eigenvalue weighted by Crippen LogP contribution is 2.34. The lowest BCUT2D eigenvalue weighted by atomic mass is 10.0. The molecule has 9 heteroatoms. The Morgan fingerprint density at radius 3 is 2.84 bits per heavy atom. The third-order valence-electron chi connectivity index (χ3n) is 6.42. The molecule has 168 valence electrons. The summed E-state index contributed by atoms with van der Waals surface area (Å²) in [5, 5.41) is 2.81. The number of H-pyrrole nitrogens is 1. The number of hydrogen-bond donors (Lipinski definition) is 2. The number of ether oxygens (including phenoxy) is 1. The minimum absolute atomic E-state index is 0.0739. The van der Waals surface area contributed by atoms with Gasteiger partial charge < -0.3 is 19.9 Å². The van der Waals surface area contributed by atoms with Gasteiger partial charge in [-0.2, -0.15) is 0 Å². The lowest BCUT2D eigenvalue weighted by Gasteiger charge is -2.29. The van der Waals surface area contributed by atoms with Crippen LogP contribution in [0.5, 0.6) is 0 Å². The molecule has 5 rings (SSSR count). The number of nitrogens with zero attached hydrogens (tertiary/aromatic N) is 3. The van der Waals surface area contributed by atoms with Crippen LogP contribution in [0.2, 0.25) is 0 Å². The number of aromatic nitrogens is 2. The van der Waals surface area contributed by atoms with Crippen LogP contribution < -0.4 is 5.32 Å². The summed E-state index contributed by atoms with van der Waals surface area (Å²) < 4.78 is 6.23. The Morgan fingerprint density at radius 2 is 2.03 bits per heavy atom. The SMILES string of the molecule is Cc1c(C=C2C(=O)Nc3ncc(Br)cc32)[nH]c2c1C(=O)N(CCN1CCOCC1)CCC2. The van der Waals surface area contributed by atoms with E-state index in [1.165, 1.54) is 0 Å². The largest absolute Gasteiger partial charge is 0.379 e. The number of hydrogen-bond acceptors (Lipinski definition) is 5. The van der Waals surface area contributed by atoms with Crippen LogP contribution >= 0.6 is 15.9 Å². The van der Waals surface area contributed by atoms with Crippen molar-refractivity contribution in [1.82, 2.24) is 19.8 Å². The third kappa shape index (κ3) is 4.00. The van der Waals surface area contributed by atoms with Gasteiger partial charge in [-0.05, 0) is 53.4 Å². The van der Waals surface area contributed by atoms with E-state index in [9.17, 15) is 9.59 Å². The molecule has 2 N–H and O–H groups in total. The Labute approximate surface area is 195 Å². The van der Waals surface area contributed by atoms with Crippen molar-refractivity contribution in [1.29, 1.82) is 0 Å². The van der Waals surface area contributed by atoms with E-state index in [1.54, 1.807) is 6.20 Å². The number of carbonyl (C=O) groups excluding carboxylic acids is 2. The summed E-state index contributed by atoms with van der Waals surface area (Å²) in [5.74, 6) is 0.443. The second kappa shape index (κ2) is 8.80. The van der Waals surface area contributed by atoms with E-state index >= 15 is 0 Å². The predicted octanol–water partition coefficient (Wildman–Crippen LogP) is 2.69. The number of aryl methyl sites for hydroxylation is 1. The van der Waals surface area contributed by atoms with E-state index in [0.29, 0.717) is 11.4 Å². The summed E-state index contributed by atoms with van der Waals surface area (Å²) in [7, 11) is 0. The smallest absolute Gasteiger partial charge is 0.257 e. The maximum atomic E-state index is 13.4.